The molecular formula is C14H20ClNO3S. The molecule has 6 heteroatoms. The van der Waals surface area contributed by atoms with Gasteiger partial charge in [0.2, 0.25) is 5.91 Å². The maximum absolute atomic E-state index is 11.8. The van der Waals surface area contributed by atoms with Crippen molar-refractivity contribution < 1.29 is 13.2 Å². The van der Waals surface area contributed by atoms with E-state index in [1.807, 2.05) is 0 Å². The number of carbonyl (C=O) groups excluding carboxylic acids is 1. The summed E-state index contributed by atoms with van der Waals surface area (Å²) < 4.78 is 22.7. The molecule has 0 aliphatic rings. The lowest BCUT2D eigenvalue weighted by atomic mass is 10.1. The van der Waals surface area contributed by atoms with Crippen LogP contribution in [0.5, 0.6) is 0 Å². The largest absolute Gasteiger partial charge is 0.326 e. The summed E-state index contributed by atoms with van der Waals surface area (Å²) in [5.41, 5.74) is 2.02. The first-order valence-corrected chi connectivity index (χ1v) is 8.78. The summed E-state index contributed by atoms with van der Waals surface area (Å²) in [6.07, 6.45) is 1.27. The van der Waals surface area contributed by atoms with Crippen LogP contribution in [-0.2, 0) is 13.8 Å². The molecule has 0 heterocycles. The monoisotopic (exact) mass is 317 g/mol. The fraction of sp³-hybridized carbons (Fsp3) is 0.500. The molecule has 0 atom stereocenters. The van der Waals surface area contributed by atoms with Crippen molar-refractivity contribution in [1.29, 1.82) is 0 Å². The van der Waals surface area contributed by atoms with Gasteiger partial charge in [-0.1, -0.05) is 13.8 Å². The van der Waals surface area contributed by atoms with Crippen molar-refractivity contribution in [1.82, 2.24) is 0 Å². The molecule has 0 unspecified atom stereocenters. The van der Waals surface area contributed by atoms with E-state index in [2.05, 4.69) is 19.2 Å². The third-order valence-corrected chi connectivity index (χ3v) is 4.33. The Balaban J connectivity index is 2.95. The predicted octanol–water partition coefficient (Wildman–Crippen LogP) is 3.61. The third-order valence-electron chi connectivity index (χ3n) is 3.00. The molecule has 4 nitrogen and oxygen atoms in total. The van der Waals surface area contributed by atoms with Gasteiger partial charge in [0.1, 0.15) is 0 Å². The predicted molar refractivity (Wildman–Crippen MR) is 81.7 cm³/mol. The second kappa shape index (κ2) is 6.59. The van der Waals surface area contributed by atoms with Crippen LogP contribution < -0.4 is 5.32 Å². The van der Waals surface area contributed by atoms with E-state index in [0.717, 1.165) is 6.42 Å². The van der Waals surface area contributed by atoms with Crippen LogP contribution in [0, 0.1) is 19.8 Å². The van der Waals surface area contributed by atoms with Crippen LogP contribution >= 0.6 is 10.7 Å². The molecule has 0 saturated carbocycles. The van der Waals surface area contributed by atoms with Gasteiger partial charge in [-0.05, 0) is 49.4 Å². The second-order valence-electron chi connectivity index (χ2n) is 5.35. The van der Waals surface area contributed by atoms with Crippen molar-refractivity contribution in [3.8, 4) is 0 Å². The number of halogens is 1. The van der Waals surface area contributed by atoms with E-state index in [4.69, 9.17) is 10.7 Å². The van der Waals surface area contributed by atoms with Gasteiger partial charge in [-0.2, -0.15) is 0 Å². The minimum Gasteiger partial charge on any atom is -0.326 e. The minimum absolute atomic E-state index is 0.0503. The first kappa shape index (κ1) is 17.0. The summed E-state index contributed by atoms with van der Waals surface area (Å²) in [7, 11) is 1.58. The molecule has 1 aromatic rings. The Morgan fingerprint density at radius 2 is 1.75 bits per heavy atom. The van der Waals surface area contributed by atoms with Gasteiger partial charge in [0.25, 0.3) is 9.05 Å². The molecule has 0 fully saturated rings. The fourth-order valence-electron chi connectivity index (χ4n) is 1.88. The molecule has 0 aliphatic heterocycles. The maximum Gasteiger partial charge on any atom is 0.261 e. The molecule has 0 bridgehead atoms. The first-order valence-electron chi connectivity index (χ1n) is 6.47. The average molecular weight is 318 g/mol. The quantitative estimate of drug-likeness (QED) is 0.844. The van der Waals surface area contributed by atoms with Crippen LogP contribution in [0.4, 0.5) is 5.69 Å². The molecule has 1 N–H and O–H groups in total. The highest BCUT2D eigenvalue weighted by atomic mass is 35.7. The molecule has 1 rings (SSSR count). The van der Waals surface area contributed by atoms with Crippen LogP contribution in [0.2, 0.25) is 0 Å². The molecule has 1 aromatic carbocycles. The van der Waals surface area contributed by atoms with Crippen LogP contribution in [-0.4, -0.2) is 14.3 Å². The van der Waals surface area contributed by atoms with E-state index in [1.54, 1.807) is 13.8 Å². The topological polar surface area (TPSA) is 63.2 Å². The minimum atomic E-state index is -3.75. The molecule has 1 amide bonds. The number of benzene rings is 1. The highest BCUT2D eigenvalue weighted by Crippen LogP contribution is 2.26. The van der Waals surface area contributed by atoms with Crippen molar-refractivity contribution >= 4 is 31.3 Å². The van der Waals surface area contributed by atoms with Gasteiger partial charge < -0.3 is 5.32 Å². The number of hydrogen-bond donors (Lipinski definition) is 1. The van der Waals surface area contributed by atoms with Crippen LogP contribution in [0.15, 0.2) is 17.0 Å². The zero-order valence-electron chi connectivity index (χ0n) is 12.2. The van der Waals surface area contributed by atoms with Gasteiger partial charge >= 0.3 is 0 Å². The molecule has 0 radical (unpaired) electrons. The van der Waals surface area contributed by atoms with Crippen molar-refractivity contribution in [2.24, 2.45) is 5.92 Å². The Labute approximate surface area is 124 Å². The smallest absolute Gasteiger partial charge is 0.261 e. The molecule has 0 aliphatic carbocycles. The number of carbonyl (C=O) groups is 1. The standard InChI is InChI=1S/C14H20ClNO3S/c1-9(2)5-6-13(17)16-14-10(3)7-12(8-11(14)4)20(15,18)19/h7-9H,5-6H2,1-4H3,(H,16,17). The molecule has 0 aromatic heterocycles. The summed E-state index contributed by atoms with van der Waals surface area (Å²) >= 11 is 0. The molecular weight excluding hydrogens is 298 g/mol. The van der Waals surface area contributed by atoms with Gasteiger partial charge in [-0.25, -0.2) is 8.42 Å². The van der Waals surface area contributed by atoms with Gasteiger partial charge in [-0.3, -0.25) is 4.79 Å². The summed E-state index contributed by atoms with van der Waals surface area (Å²) in [5, 5.41) is 2.84. The number of nitrogens with one attached hydrogen (secondary N) is 1. The van der Waals surface area contributed by atoms with Crippen molar-refractivity contribution in [2.45, 2.75) is 45.4 Å². The number of aryl methyl sites for hydroxylation is 2. The van der Waals surface area contributed by atoms with E-state index >= 15 is 0 Å². The van der Waals surface area contributed by atoms with E-state index < -0.39 is 9.05 Å². The van der Waals surface area contributed by atoms with Gasteiger partial charge in [0, 0.05) is 22.8 Å². The number of hydrogen-bond acceptors (Lipinski definition) is 3. The molecule has 0 spiro atoms. The number of rotatable bonds is 5. The van der Waals surface area contributed by atoms with E-state index in [-0.39, 0.29) is 10.8 Å². The van der Waals surface area contributed by atoms with E-state index in [0.29, 0.717) is 29.2 Å². The van der Waals surface area contributed by atoms with Gasteiger partial charge in [-0.15, -0.1) is 0 Å². The van der Waals surface area contributed by atoms with Crippen molar-refractivity contribution in [3.05, 3.63) is 23.3 Å². The third kappa shape index (κ3) is 4.80. The lowest BCUT2D eigenvalue weighted by Gasteiger charge is -2.13. The van der Waals surface area contributed by atoms with Crippen molar-refractivity contribution in [2.75, 3.05) is 5.32 Å². The molecule has 20 heavy (non-hydrogen) atoms. The Morgan fingerprint density at radius 1 is 1.25 bits per heavy atom. The molecule has 0 saturated heterocycles. The SMILES string of the molecule is Cc1cc(S(=O)(=O)Cl)cc(C)c1NC(=O)CCC(C)C. The Bertz CT molecular complexity index is 586. The van der Waals surface area contributed by atoms with E-state index in [9.17, 15) is 13.2 Å². The Hall–Kier alpha value is -1.07. The van der Waals surface area contributed by atoms with Crippen molar-refractivity contribution in [3.63, 3.8) is 0 Å². The highest BCUT2D eigenvalue weighted by molar-refractivity contribution is 8.13. The second-order valence-corrected chi connectivity index (χ2v) is 7.92. The van der Waals surface area contributed by atoms with Crippen LogP contribution in [0.3, 0.4) is 0 Å². The lowest BCUT2D eigenvalue weighted by molar-refractivity contribution is -0.116. The molecule has 112 valence electrons. The van der Waals surface area contributed by atoms with Crippen LogP contribution in [0.25, 0.3) is 0 Å². The summed E-state index contributed by atoms with van der Waals surface area (Å²) in [4.78, 5) is 11.9. The highest BCUT2D eigenvalue weighted by Gasteiger charge is 2.15. The van der Waals surface area contributed by atoms with Crippen LogP contribution in [0.1, 0.15) is 37.8 Å². The average Bonchev–Trinajstić information content (AvgIpc) is 2.29. The Kier molecular flexibility index (Phi) is 5.59. The van der Waals surface area contributed by atoms with Gasteiger partial charge in [0.05, 0.1) is 4.90 Å². The lowest BCUT2D eigenvalue weighted by Crippen LogP contribution is -2.14. The normalized spacial score (nSPS) is 11.7. The van der Waals surface area contributed by atoms with E-state index in [1.165, 1.54) is 12.1 Å². The first-order chi connectivity index (χ1) is 9.11. The number of amides is 1. The zero-order valence-corrected chi connectivity index (χ0v) is 13.7. The summed E-state index contributed by atoms with van der Waals surface area (Å²) in [5.74, 6) is 0.401. The zero-order chi connectivity index (χ0) is 15.5. The van der Waals surface area contributed by atoms with Gasteiger partial charge in [0.15, 0.2) is 0 Å². The fourth-order valence-corrected chi connectivity index (χ4v) is 2.79. The number of anilines is 1. The summed E-state index contributed by atoms with van der Waals surface area (Å²) in [6.45, 7) is 7.61. The summed E-state index contributed by atoms with van der Waals surface area (Å²) in [6, 6.07) is 2.93. The maximum atomic E-state index is 11.8. The Morgan fingerprint density at radius 3 is 2.15 bits per heavy atom.